The zero-order valence-corrected chi connectivity index (χ0v) is 12.6. The predicted octanol–water partition coefficient (Wildman–Crippen LogP) is 1.28. The lowest BCUT2D eigenvalue weighted by atomic mass is 10.3. The predicted molar refractivity (Wildman–Crippen MR) is 77.8 cm³/mol. The monoisotopic (exact) mass is 294 g/mol. The maximum absolute atomic E-state index is 12.1. The van der Waals surface area contributed by atoms with Gasteiger partial charge in [0.05, 0.1) is 11.4 Å². The largest absolute Gasteiger partial charge is 0.378 e. The first-order valence-corrected chi connectivity index (χ1v) is 7.58. The molecule has 0 atom stereocenters. The first-order chi connectivity index (χ1) is 9.41. The van der Waals surface area contributed by atoms with Crippen LogP contribution in [0.5, 0.6) is 0 Å². The zero-order valence-electron chi connectivity index (χ0n) is 11.7. The van der Waals surface area contributed by atoms with Gasteiger partial charge in [-0.25, -0.2) is 17.7 Å². The highest BCUT2D eigenvalue weighted by atomic mass is 32.2. The van der Waals surface area contributed by atoms with Crippen molar-refractivity contribution in [3.05, 3.63) is 42.5 Å². The minimum absolute atomic E-state index is 0.271. The van der Waals surface area contributed by atoms with Crippen molar-refractivity contribution in [2.24, 2.45) is 7.05 Å². The summed E-state index contributed by atoms with van der Waals surface area (Å²) in [6, 6.07) is 6.76. The Morgan fingerprint density at radius 3 is 2.70 bits per heavy atom. The number of imidazole rings is 1. The SMILES string of the molecule is CN(C)S(=O)(=O)c1cccc(NCc2nccn2C)c1. The Hall–Kier alpha value is -1.86. The number of aryl methyl sites for hydroxylation is 1. The summed E-state index contributed by atoms with van der Waals surface area (Å²) in [6.45, 7) is 0.537. The summed E-state index contributed by atoms with van der Waals surface area (Å²) in [7, 11) is 1.54. The molecular weight excluding hydrogens is 276 g/mol. The van der Waals surface area contributed by atoms with Crippen LogP contribution in [0.3, 0.4) is 0 Å². The Balaban J connectivity index is 2.17. The molecule has 0 spiro atoms. The molecule has 0 aliphatic carbocycles. The Kier molecular flexibility index (Phi) is 4.10. The molecule has 0 saturated carbocycles. The fourth-order valence-electron chi connectivity index (χ4n) is 1.73. The second kappa shape index (κ2) is 5.64. The molecule has 20 heavy (non-hydrogen) atoms. The van der Waals surface area contributed by atoms with E-state index in [0.717, 1.165) is 11.5 Å². The summed E-state index contributed by atoms with van der Waals surface area (Å²) >= 11 is 0. The lowest BCUT2D eigenvalue weighted by molar-refractivity contribution is 0.521. The lowest BCUT2D eigenvalue weighted by Gasteiger charge is -2.13. The van der Waals surface area contributed by atoms with Crippen molar-refractivity contribution in [2.45, 2.75) is 11.4 Å². The Morgan fingerprint density at radius 1 is 1.35 bits per heavy atom. The van der Waals surface area contributed by atoms with Crippen molar-refractivity contribution in [1.82, 2.24) is 13.9 Å². The second-order valence-corrected chi connectivity index (χ2v) is 6.78. The molecule has 1 aromatic carbocycles. The van der Waals surface area contributed by atoms with Crippen LogP contribution in [-0.2, 0) is 23.6 Å². The number of anilines is 1. The van der Waals surface area contributed by atoms with Gasteiger partial charge in [0.25, 0.3) is 0 Å². The molecule has 1 heterocycles. The molecule has 2 rings (SSSR count). The summed E-state index contributed by atoms with van der Waals surface area (Å²) in [5.74, 6) is 0.880. The number of sulfonamides is 1. The minimum atomic E-state index is -3.41. The maximum atomic E-state index is 12.1. The van der Waals surface area contributed by atoms with Crippen LogP contribution >= 0.6 is 0 Å². The van der Waals surface area contributed by atoms with E-state index < -0.39 is 10.0 Å². The molecule has 0 aliphatic rings. The van der Waals surface area contributed by atoms with Gasteiger partial charge < -0.3 is 9.88 Å². The van der Waals surface area contributed by atoms with Gasteiger partial charge in [-0.15, -0.1) is 0 Å². The molecule has 0 unspecified atom stereocenters. The van der Waals surface area contributed by atoms with Crippen LogP contribution in [0.2, 0.25) is 0 Å². The highest BCUT2D eigenvalue weighted by Gasteiger charge is 2.17. The van der Waals surface area contributed by atoms with Crippen LogP contribution in [0.15, 0.2) is 41.6 Å². The molecule has 0 fully saturated rings. The standard InChI is InChI=1S/C13H18N4O2S/c1-16(2)20(18,19)12-6-4-5-11(9-12)15-10-13-14-7-8-17(13)3/h4-9,15H,10H2,1-3H3. The van der Waals surface area contributed by atoms with Gasteiger partial charge >= 0.3 is 0 Å². The highest BCUT2D eigenvalue weighted by Crippen LogP contribution is 2.18. The Morgan fingerprint density at radius 2 is 2.10 bits per heavy atom. The van der Waals surface area contributed by atoms with Gasteiger partial charge in [-0.3, -0.25) is 0 Å². The van der Waals surface area contributed by atoms with Crippen LogP contribution in [-0.4, -0.2) is 36.4 Å². The highest BCUT2D eigenvalue weighted by molar-refractivity contribution is 7.89. The first-order valence-electron chi connectivity index (χ1n) is 6.14. The summed E-state index contributed by atoms with van der Waals surface area (Å²) in [6.07, 6.45) is 3.59. The third-order valence-electron chi connectivity index (χ3n) is 2.98. The summed E-state index contributed by atoms with van der Waals surface area (Å²) in [4.78, 5) is 4.47. The number of rotatable bonds is 5. The number of benzene rings is 1. The first kappa shape index (κ1) is 14.5. The van der Waals surface area contributed by atoms with Crippen molar-refractivity contribution in [3.63, 3.8) is 0 Å². The van der Waals surface area contributed by atoms with E-state index in [1.54, 1.807) is 24.4 Å². The smallest absolute Gasteiger partial charge is 0.242 e. The van der Waals surface area contributed by atoms with Gasteiger partial charge in [-0.1, -0.05) is 6.07 Å². The third-order valence-corrected chi connectivity index (χ3v) is 4.80. The fourth-order valence-corrected chi connectivity index (χ4v) is 2.67. The zero-order chi connectivity index (χ0) is 14.8. The molecule has 1 N–H and O–H groups in total. The molecule has 6 nitrogen and oxygen atoms in total. The molecule has 0 bridgehead atoms. The minimum Gasteiger partial charge on any atom is -0.378 e. The molecule has 0 saturated heterocycles. The van der Waals surface area contributed by atoms with Gasteiger partial charge in [0.15, 0.2) is 0 Å². The van der Waals surface area contributed by atoms with Crippen molar-refractivity contribution < 1.29 is 8.42 Å². The number of nitrogens with one attached hydrogen (secondary N) is 1. The van der Waals surface area contributed by atoms with Crippen LogP contribution in [0.25, 0.3) is 0 Å². The van der Waals surface area contributed by atoms with Gasteiger partial charge in [-0.2, -0.15) is 0 Å². The maximum Gasteiger partial charge on any atom is 0.242 e. The molecular formula is C13H18N4O2S. The molecule has 1 aromatic heterocycles. The van der Waals surface area contributed by atoms with Gasteiger partial charge in [0, 0.05) is 39.2 Å². The second-order valence-electron chi connectivity index (χ2n) is 4.62. The van der Waals surface area contributed by atoms with Gasteiger partial charge in [-0.05, 0) is 18.2 Å². The number of aromatic nitrogens is 2. The van der Waals surface area contributed by atoms with Crippen LogP contribution in [0.1, 0.15) is 5.82 Å². The number of hydrogen-bond donors (Lipinski definition) is 1. The van der Waals surface area contributed by atoms with E-state index >= 15 is 0 Å². The molecule has 7 heteroatoms. The molecule has 0 radical (unpaired) electrons. The van der Waals surface area contributed by atoms with E-state index in [2.05, 4.69) is 10.3 Å². The van der Waals surface area contributed by atoms with Gasteiger partial charge in [0.1, 0.15) is 5.82 Å². The average molecular weight is 294 g/mol. The van der Waals surface area contributed by atoms with Crippen LogP contribution in [0, 0.1) is 0 Å². The fraction of sp³-hybridized carbons (Fsp3) is 0.308. The number of nitrogens with zero attached hydrogens (tertiary/aromatic N) is 3. The summed E-state index contributed by atoms with van der Waals surface area (Å²) in [5.41, 5.74) is 0.746. The molecule has 2 aromatic rings. The molecule has 0 aliphatic heterocycles. The van der Waals surface area contributed by atoms with E-state index in [0.29, 0.717) is 6.54 Å². The van der Waals surface area contributed by atoms with E-state index in [1.165, 1.54) is 18.4 Å². The lowest BCUT2D eigenvalue weighted by Crippen LogP contribution is -2.22. The average Bonchev–Trinajstić information content (AvgIpc) is 2.82. The van der Waals surface area contributed by atoms with Gasteiger partial charge in [0.2, 0.25) is 10.0 Å². The van der Waals surface area contributed by atoms with Crippen molar-refractivity contribution >= 4 is 15.7 Å². The van der Waals surface area contributed by atoms with Crippen LogP contribution < -0.4 is 5.32 Å². The summed E-state index contributed by atoms with van der Waals surface area (Å²) in [5, 5.41) is 3.17. The molecule has 108 valence electrons. The van der Waals surface area contributed by atoms with E-state index in [-0.39, 0.29) is 4.90 Å². The van der Waals surface area contributed by atoms with E-state index in [9.17, 15) is 8.42 Å². The van der Waals surface area contributed by atoms with Crippen molar-refractivity contribution in [3.8, 4) is 0 Å². The summed E-state index contributed by atoms with van der Waals surface area (Å²) < 4.78 is 27.2. The van der Waals surface area contributed by atoms with Crippen molar-refractivity contribution in [1.29, 1.82) is 0 Å². The third kappa shape index (κ3) is 3.00. The Bertz CT molecular complexity index is 692. The quantitative estimate of drug-likeness (QED) is 0.902. The normalized spacial score (nSPS) is 11.8. The van der Waals surface area contributed by atoms with E-state index in [1.807, 2.05) is 23.9 Å². The topological polar surface area (TPSA) is 67.2 Å². The van der Waals surface area contributed by atoms with E-state index in [4.69, 9.17) is 0 Å². The number of hydrogen-bond acceptors (Lipinski definition) is 4. The van der Waals surface area contributed by atoms with Crippen LogP contribution in [0.4, 0.5) is 5.69 Å². The molecule has 0 amide bonds. The Labute approximate surface area is 119 Å². The van der Waals surface area contributed by atoms with Crippen molar-refractivity contribution in [2.75, 3.05) is 19.4 Å².